The average Bonchev–Trinajstić information content (AvgIpc) is 1.60. The summed E-state index contributed by atoms with van der Waals surface area (Å²) in [7, 11) is -23.2. The van der Waals surface area contributed by atoms with Crippen LogP contribution in [0.4, 0.5) is 17.3 Å². The van der Waals surface area contributed by atoms with Crippen LogP contribution in [-0.4, -0.2) is 196 Å². The van der Waals surface area contributed by atoms with Gasteiger partial charge in [0.1, 0.15) is 24.8 Å². The minimum Gasteiger partial charge on any atom is -0.379 e. The van der Waals surface area contributed by atoms with E-state index in [0.717, 1.165) is 46.8 Å². The Morgan fingerprint density at radius 2 is 1.45 bits per heavy atom. The molecule has 5 heterocycles. The normalized spacial score (nSPS) is 19.5. The van der Waals surface area contributed by atoms with E-state index < -0.39 is 89.9 Å². The van der Waals surface area contributed by atoms with Crippen molar-refractivity contribution in [2.24, 2.45) is 0 Å². The highest BCUT2D eigenvalue weighted by molar-refractivity contribution is 8.77. The number of carbonyl (C=O) groups is 2. The molecule has 2 amide bonds. The van der Waals surface area contributed by atoms with Crippen molar-refractivity contribution in [2.75, 3.05) is 102 Å². The van der Waals surface area contributed by atoms with E-state index in [2.05, 4.69) is 43.7 Å². The number of nitrogens with zero attached hydrogens (tertiary/aromatic N) is 5. The van der Waals surface area contributed by atoms with Gasteiger partial charge >= 0.3 is 23.5 Å². The van der Waals surface area contributed by atoms with Crippen molar-refractivity contribution < 1.29 is 115 Å². The summed E-state index contributed by atoms with van der Waals surface area (Å²) in [6.45, 7) is 16.9. The van der Waals surface area contributed by atoms with Crippen LogP contribution >= 0.6 is 45.1 Å². The molecule has 4 aromatic rings. The van der Waals surface area contributed by atoms with Crippen molar-refractivity contribution in [3.8, 4) is 0 Å². The number of hydrogen-bond donors (Lipinski definition) is 10. The topological polar surface area (TPSA) is 478 Å². The molecule has 3 aliphatic rings. The zero-order chi connectivity index (χ0) is 73.5. The van der Waals surface area contributed by atoms with Crippen LogP contribution in [0.25, 0.3) is 11.2 Å². The van der Waals surface area contributed by atoms with Gasteiger partial charge in [0.15, 0.2) is 16.9 Å². The number of aromatic amines is 1. The number of unbranched alkanes of at least 4 members (excludes halogenated alkanes) is 2. The number of ether oxygens (including phenoxy) is 6. The fourth-order valence-corrected chi connectivity index (χ4v) is 17.3. The van der Waals surface area contributed by atoms with Gasteiger partial charge in [0.2, 0.25) is 23.5 Å². The second-order valence-corrected chi connectivity index (χ2v) is 34.8. The maximum atomic E-state index is 12.7. The van der Waals surface area contributed by atoms with Crippen molar-refractivity contribution in [2.45, 2.75) is 131 Å². The molecule has 0 spiro atoms. The monoisotopic (exact) mass is 1540 g/mol. The number of allylic oxidation sites excluding steroid dienone is 6. The number of benzene rings is 2. The summed E-state index contributed by atoms with van der Waals surface area (Å²) in [5, 5.41) is 5.75. The highest BCUT2D eigenvalue weighted by Gasteiger charge is 2.47. The number of fused-ring (bicyclic) bond motifs is 3. The Morgan fingerprint density at radius 1 is 0.820 bits per heavy atom. The second-order valence-electron chi connectivity index (χ2n) is 24.6. The van der Waals surface area contributed by atoms with E-state index in [1.165, 1.54) is 56.7 Å². The second kappa shape index (κ2) is 35.6. The molecular formula is C59H87N9O25P3S4+. The molecule has 0 aliphatic carbocycles. The number of anilines is 2. The van der Waals surface area contributed by atoms with Gasteiger partial charge in [-0.3, -0.25) is 37.6 Å². The summed E-state index contributed by atoms with van der Waals surface area (Å²) in [6.07, 6.45) is 10.4. The van der Waals surface area contributed by atoms with Crippen molar-refractivity contribution in [3.63, 3.8) is 0 Å². The van der Waals surface area contributed by atoms with Gasteiger partial charge in [-0.2, -0.15) is 35.0 Å². The molecule has 1 saturated heterocycles. The number of phosphoric ester groups is 1. The average molecular weight is 1540 g/mol. The van der Waals surface area contributed by atoms with Crippen LogP contribution < -0.4 is 26.8 Å². The Kier molecular flexibility index (Phi) is 29.3. The molecule has 7 rings (SSSR count). The number of amides is 2. The highest BCUT2D eigenvalue weighted by Crippen LogP contribution is 2.66. The lowest BCUT2D eigenvalue weighted by Crippen LogP contribution is -2.36. The lowest BCUT2D eigenvalue weighted by molar-refractivity contribution is -0.438. The van der Waals surface area contributed by atoms with Crippen LogP contribution in [0.1, 0.15) is 104 Å². The highest BCUT2D eigenvalue weighted by atomic mass is 33.1. The molecule has 3 aliphatic heterocycles. The van der Waals surface area contributed by atoms with Crippen molar-refractivity contribution in [3.05, 3.63) is 100 Å². The molecule has 2 aromatic carbocycles. The molecule has 0 radical (unpaired) electrons. The molecule has 11 N–H and O–H groups in total. The zero-order valence-electron chi connectivity index (χ0n) is 56.0. The van der Waals surface area contributed by atoms with Gasteiger partial charge in [0.05, 0.1) is 87.1 Å². The largest absolute Gasteiger partial charge is 0.490 e. The van der Waals surface area contributed by atoms with Gasteiger partial charge in [-0.15, -0.1) is 0 Å². The van der Waals surface area contributed by atoms with E-state index in [0.29, 0.717) is 65.5 Å². The van der Waals surface area contributed by atoms with E-state index in [1.54, 1.807) is 12.1 Å². The van der Waals surface area contributed by atoms with Crippen LogP contribution in [-0.2, 0) is 95.9 Å². The van der Waals surface area contributed by atoms with Gasteiger partial charge in [-0.05, 0) is 89.4 Å². The molecule has 34 nitrogen and oxygen atoms in total. The Bertz CT molecular complexity index is 4130. The number of carbonyl (C=O) groups excluding carboxylic acids is 2. The van der Waals surface area contributed by atoms with Crippen LogP contribution in [0.15, 0.2) is 93.4 Å². The first-order chi connectivity index (χ1) is 46.8. The minimum atomic E-state index is -5.80. The van der Waals surface area contributed by atoms with Gasteiger partial charge < -0.3 is 69.3 Å². The summed E-state index contributed by atoms with van der Waals surface area (Å²) >= 11 is 0. The Balaban J connectivity index is 0.721. The van der Waals surface area contributed by atoms with E-state index in [1.807, 2.05) is 78.8 Å². The first-order valence-electron chi connectivity index (χ1n) is 31.5. The number of nitrogens with two attached hydrogens (primary N) is 1. The first kappa shape index (κ1) is 82.2. The number of H-pyrrole nitrogens is 1. The molecular weight excluding hydrogens is 1460 g/mol. The number of likely N-dealkylation sites (N-methyl/N-ethyl adjacent to an activating group) is 1. The lowest BCUT2D eigenvalue weighted by Gasteiger charge is -2.25. The predicted molar refractivity (Wildman–Crippen MR) is 370 cm³/mol. The smallest absolute Gasteiger partial charge is 0.379 e. The van der Waals surface area contributed by atoms with E-state index in [9.17, 15) is 63.8 Å². The molecule has 556 valence electrons. The summed E-state index contributed by atoms with van der Waals surface area (Å²) in [4.78, 5) is 87.4. The Morgan fingerprint density at radius 3 is 2.10 bits per heavy atom. The number of rotatable bonds is 42. The third-order valence-electron chi connectivity index (χ3n) is 15.9. The summed E-state index contributed by atoms with van der Waals surface area (Å²) in [6, 6.07) is 9.21. The Labute approximate surface area is 586 Å². The first-order valence-corrected chi connectivity index (χ1v) is 41.2. The number of hydrogen-bond acceptors (Lipinski definition) is 25. The number of nitrogens with one attached hydrogen (secondary N) is 3. The summed E-state index contributed by atoms with van der Waals surface area (Å²) in [5.41, 5.74) is 8.90. The number of phosphoric acid groups is 3. The van der Waals surface area contributed by atoms with Crippen molar-refractivity contribution in [1.29, 1.82) is 0 Å². The molecule has 0 saturated carbocycles. The number of aromatic nitrogens is 4. The molecule has 5 atom stereocenters. The van der Waals surface area contributed by atoms with Crippen molar-refractivity contribution >= 4 is 111 Å². The quantitative estimate of drug-likeness (QED) is 0.00432. The molecule has 41 heteroatoms. The van der Waals surface area contributed by atoms with Gasteiger partial charge in [0.25, 0.3) is 25.8 Å². The third kappa shape index (κ3) is 23.7. The lowest BCUT2D eigenvalue weighted by atomic mass is 9.81. The Hall–Kier alpha value is -5.09. The molecule has 0 bridgehead atoms. The van der Waals surface area contributed by atoms with Gasteiger partial charge in [-0.25, -0.2) is 18.7 Å². The van der Waals surface area contributed by atoms with Crippen molar-refractivity contribution in [1.82, 2.24) is 30.2 Å². The zero-order valence-corrected chi connectivity index (χ0v) is 62.0. The maximum Gasteiger partial charge on any atom is 0.490 e. The summed E-state index contributed by atoms with van der Waals surface area (Å²) in [5.74, 6) is -0.564. The minimum absolute atomic E-state index is 0.00123. The molecule has 100 heavy (non-hydrogen) atoms. The fourth-order valence-electron chi connectivity index (χ4n) is 11.1. The molecule has 2 aromatic heterocycles. The standard InChI is InChI=1S/C59H86N9O25P3S4/c1-8-66-44-20-18-40(99(79,80)81)33-42(44)58(4,5)48(66)15-11-9-12-16-49-59(6,7)43-34-41(100(82,83)84)19-21-45(43)67(49)24-14-10-13-17-50(69)61-23-26-86-28-30-88-32-31-87-29-27-85-25-22-51(70)62-37-57(2,3)98-97-39-89-46-35-52(68-38-63-53-54(68)64-56(60)65-55(53)71)91-47(46)36-90-95(75,76)93-96(77,78)92-94(72,73)74/h9,11-12,15-16,18-21,33-34,38,46-47,52H,8,10,13-14,17,22-32,35-37,39H2,1-7H3,(H10-,60,61,62,64,65,69,70,71,72,73,74,75,76,77,78,79,80,81,82,83,84)/p+1/t46-,47-,52-/m1/s1. The SMILES string of the molecule is CCN1/C(=C/C=C/C=C/C2=[N+](CCCCCC(=O)NCCOCCOCCOCCOCCC(=O)NCC(C)(C)SSCO[C@@H]3C[C@H](n4cnc5c(=O)[nH]c(N)nc54)O[C@@H]3COP(=O)(O)OP(=O)(O)OP(=O)(O)O)c3ccc(S(=O)(=O)O)cc3C2(C)C)C(C)(C)c2cc(S(=O)(=O)O)ccc21. The summed E-state index contributed by atoms with van der Waals surface area (Å²) < 4.78 is 153. The maximum absolute atomic E-state index is 12.7. The van der Waals surface area contributed by atoms with Crippen LogP contribution in [0.2, 0.25) is 0 Å². The van der Waals surface area contributed by atoms with Crippen LogP contribution in [0, 0.1) is 0 Å². The molecule has 2 unspecified atom stereocenters. The third-order valence-corrected chi connectivity index (χ3v) is 24.3. The number of nitrogen functional groups attached to an aromatic ring is 1. The predicted octanol–water partition coefficient (Wildman–Crippen LogP) is 6.47. The van der Waals surface area contributed by atoms with Gasteiger partial charge in [0, 0.05) is 84.6 Å². The van der Waals surface area contributed by atoms with E-state index in [-0.39, 0.29) is 83.9 Å². The molecule has 1 fully saturated rings. The van der Waals surface area contributed by atoms with Gasteiger partial charge in [-0.1, -0.05) is 53.7 Å². The van der Waals surface area contributed by atoms with E-state index in [4.69, 9.17) is 48.5 Å². The van der Waals surface area contributed by atoms with Crippen LogP contribution in [0.3, 0.4) is 0 Å². The van der Waals surface area contributed by atoms with Crippen LogP contribution in [0.5, 0.6) is 0 Å². The number of imidazole rings is 1. The van der Waals surface area contributed by atoms with E-state index >= 15 is 0 Å². The fraction of sp³-hybridized carbons (Fsp3) is 0.559.